The summed E-state index contributed by atoms with van der Waals surface area (Å²) < 4.78 is 0. The molecule has 2 N–H and O–H groups in total. The fraction of sp³-hybridized carbons (Fsp3) is 0.500. The Morgan fingerprint density at radius 1 is 1.35 bits per heavy atom. The average Bonchev–Trinajstić information content (AvgIpc) is 2.90. The first-order valence-electron chi connectivity index (χ1n) is 6.29. The number of rotatable bonds is 3. The summed E-state index contributed by atoms with van der Waals surface area (Å²) >= 11 is 0. The number of carbonyl (C=O) groups excluding carboxylic acids is 1. The SMILES string of the molecule is CN(C(=O)C1CCCC1)c1ccccc1CN. The van der Waals surface area contributed by atoms with Crippen LogP contribution in [0.1, 0.15) is 31.2 Å². The molecule has 1 aromatic rings. The first-order chi connectivity index (χ1) is 8.24. The van der Waals surface area contributed by atoms with Gasteiger partial charge in [0.15, 0.2) is 0 Å². The summed E-state index contributed by atoms with van der Waals surface area (Å²) in [5, 5.41) is 0. The molecule has 1 aliphatic carbocycles. The highest BCUT2D eigenvalue weighted by atomic mass is 16.2. The largest absolute Gasteiger partial charge is 0.326 e. The predicted molar refractivity (Wildman–Crippen MR) is 69.7 cm³/mol. The minimum Gasteiger partial charge on any atom is -0.326 e. The van der Waals surface area contributed by atoms with E-state index in [1.807, 2.05) is 31.3 Å². The van der Waals surface area contributed by atoms with Gasteiger partial charge in [-0.15, -0.1) is 0 Å². The third-order valence-corrected chi connectivity index (χ3v) is 3.61. The van der Waals surface area contributed by atoms with Crippen LogP contribution < -0.4 is 10.6 Å². The maximum atomic E-state index is 12.3. The van der Waals surface area contributed by atoms with Gasteiger partial charge in [-0.05, 0) is 24.5 Å². The van der Waals surface area contributed by atoms with E-state index in [0.717, 1.165) is 24.1 Å². The van der Waals surface area contributed by atoms with E-state index in [9.17, 15) is 4.79 Å². The summed E-state index contributed by atoms with van der Waals surface area (Å²) in [5.41, 5.74) is 7.68. The van der Waals surface area contributed by atoms with Crippen molar-refractivity contribution < 1.29 is 4.79 Å². The second-order valence-electron chi connectivity index (χ2n) is 4.71. The van der Waals surface area contributed by atoms with Crippen LogP contribution in [0.25, 0.3) is 0 Å². The summed E-state index contributed by atoms with van der Waals surface area (Å²) in [6.45, 7) is 0.471. The van der Waals surface area contributed by atoms with Gasteiger partial charge in [-0.25, -0.2) is 0 Å². The summed E-state index contributed by atoms with van der Waals surface area (Å²) in [6, 6.07) is 7.86. The van der Waals surface area contributed by atoms with Crippen molar-refractivity contribution in [2.45, 2.75) is 32.2 Å². The van der Waals surface area contributed by atoms with Crippen LogP contribution >= 0.6 is 0 Å². The van der Waals surface area contributed by atoms with Gasteiger partial charge in [-0.3, -0.25) is 4.79 Å². The number of hydrogen-bond acceptors (Lipinski definition) is 2. The first-order valence-corrected chi connectivity index (χ1v) is 6.29. The second kappa shape index (κ2) is 5.32. The zero-order chi connectivity index (χ0) is 12.3. The van der Waals surface area contributed by atoms with Crippen LogP contribution in [0, 0.1) is 5.92 Å². The number of benzene rings is 1. The van der Waals surface area contributed by atoms with Crippen LogP contribution in [0.4, 0.5) is 5.69 Å². The molecule has 1 aliphatic rings. The molecule has 3 nitrogen and oxygen atoms in total. The van der Waals surface area contributed by atoms with Gasteiger partial charge in [0.2, 0.25) is 5.91 Å². The normalized spacial score (nSPS) is 16.1. The van der Waals surface area contributed by atoms with E-state index in [2.05, 4.69) is 0 Å². The molecule has 0 spiro atoms. The molecule has 2 rings (SSSR count). The molecule has 0 unspecified atom stereocenters. The molecule has 0 bridgehead atoms. The van der Waals surface area contributed by atoms with Gasteiger partial charge < -0.3 is 10.6 Å². The fourth-order valence-electron chi connectivity index (χ4n) is 2.58. The predicted octanol–water partition coefficient (Wildman–Crippen LogP) is 2.30. The Morgan fingerprint density at radius 3 is 2.65 bits per heavy atom. The number of nitrogens with two attached hydrogens (primary N) is 1. The van der Waals surface area contributed by atoms with Crippen molar-refractivity contribution in [1.82, 2.24) is 0 Å². The van der Waals surface area contributed by atoms with Crippen LogP contribution in [0.2, 0.25) is 0 Å². The number of para-hydroxylation sites is 1. The van der Waals surface area contributed by atoms with Crippen LogP contribution in [-0.2, 0) is 11.3 Å². The van der Waals surface area contributed by atoms with Crippen LogP contribution in [-0.4, -0.2) is 13.0 Å². The summed E-state index contributed by atoms with van der Waals surface area (Å²) in [4.78, 5) is 14.1. The summed E-state index contributed by atoms with van der Waals surface area (Å²) in [7, 11) is 1.86. The molecule has 0 aromatic heterocycles. The van der Waals surface area contributed by atoms with Crippen molar-refractivity contribution in [3.63, 3.8) is 0 Å². The molecule has 0 saturated heterocycles. The maximum absolute atomic E-state index is 12.3. The average molecular weight is 232 g/mol. The zero-order valence-electron chi connectivity index (χ0n) is 10.4. The molecule has 92 valence electrons. The van der Waals surface area contributed by atoms with Crippen LogP contribution in [0.5, 0.6) is 0 Å². The molecule has 17 heavy (non-hydrogen) atoms. The third-order valence-electron chi connectivity index (χ3n) is 3.61. The highest BCUT2D eigenvalue weighted by Gasteiger charge is 2.26. The van der Waals surface area contributed by atoms with Gasteiger partial charge in [-0.2, -0.15) is 0 Å². The highest BCUT2D eigenvalue weighted by Crippen LogP contribution is 2.29. The molecule has 0 radical (unpaired) electrons. The minimum absolute atomic E-state index is 0.214. The maximum Gasteiger partial charge on any atom is 0.229 e. The van der Waals surface area contributed by atoms with Crippen LogP contribution in [0.3, 0.4) is 0 Å². The van der Waals surface area contributed by atoms with Crippen molar-refractivity contribution >= 4 is 11.6 Å². The molecule has 1 fully saturated rings. The Bertz CT molecular complexity index is 397. The second-order valence-corrected chi connectivity index (χ2v) is 4.71. The molecule has 1 saturated carbocycles. The van der Waals surface area contributed by atoms with Crippen molar-refractivity contribution in [2.75, 3.05) is 11.9 Å². The van der Waals surface area contributed by atoms with E-state index in [4.69, 9.17) is 5.73 Å². The zero-order valence-corrected chi connectivity index (χ0v) is 10.4. The molecule has 0 heterocycles. The lowest BCUT2D eigenvalue weighted by atomic mass is 10.1. The lowest BCUT2D eigenvalue weighted by molar-refractivity contribution is -0.121. The third kappa shape index (κ3) is 2.50. The Hall–Kier alpha value is -1.35. The highest BCUT2D eigenvalue weighted by molar-refractivity contribution is 5.95. The standard InChI is InChI=1S/C14H20N2O/c1-16(14(17)11-6-2-3-7-11)13-9-5-4-8-12(13)10-15/h4-5,8-9,11H,2-3,6-7,10,15H2,1H3. The molecular weight excluding hydrogens is 212 g/mol. The van der Waals surface area contributed by atoms with E-state index in [0.29, 0.717) is 6.54 Å². The van der Waals surface area contributed by atoms with Gasteiger partial charge in [-0.1, -0.05) is 31.0 Å². The van der Waals surface area contributed by atoms with Crippen LogP contribution in [0.15, 0.2) is 24.3 Å². The van der Waals surface area contributed by atoms with Crippen molar-refractivity contribution in [1.29, 1.82) is 0 Å². The minimum atomic E-state index is 0.214. The number of nitrogens with zero attached hydrogens (tertiary/aromatic N) is 1. The number of anilines is 1. The van der Waals surface area contributed by atoms with Crippen molar-refractivity contribution in [3.05, 3.63) is 29.8 Å². The Balaban J connectivity index is 2.17. The molecule has 1 aromatic carbocycles. The fourth-order valence-corrected chi connectivity index (χ4v) is 2.58. The van der Waals surface area contributed by atoms with Gasteiger partial charge >= 0.3 is 0 Å². The van der Waals surface area contributed by atoms with E-state index in [1.165, 1.54) is 12.8 Å². The van der Waals surface area contributed by atoms with Crippen molar-refractivity contribution in [2.24, 2.45) is 11.7 Å². The molecule has 0 aliphatic heterocycles. The molecule has 1 amide bonds. The Morgan fingerprint density at radius 2 is 2.00 bits per heavy atom. The van der Waals surface area contributed by atoms with Crippen molar-refractivity contribution in [3.8, 4) is 0 Å². The quantitative estimate of drug-likeness (QED) is 0.869. The lowest BCUT2D eigenvalue weighted by Gasteiger charge is -2.23. The molecule has 3 heteroatoms. The van der Waals surface area contributed by atoms with Gasteiger partial charge in [0.1, 0.15) is 0 Å². The number of carbonyl (C=O) groups is 1. The molecular formula is C14H20N2O. The number of amides is 1. The summed E-state index contributed by atoms with van der Waals surface area (Å²) in [5.74, 6) is 0.453. The van der Waals surface area contributed by atoms with Gasteiger partial charge in [0.05, 0.1) is 0 Å². The topological polar surface area (TPSA) is 46.3 Å². The van der Waals surface area contributed by atoms with Gasteiger partial charge in [0.25, 0.3) is 0 Å². The lowest BCUT2D eigenvalue weighted by Crippen LogP contribution is -2.32. The van der Waals surface area contributed by atoms with Gasteiger partial charge in [0, 0.05) is 25.2 Å². The Labute approximate surface area is 103 Å². The molecule has 0 atom stereocenters. The monoisotopic (exact) mass is 232 g/mol. The van der Waals surface area contributed by atoms with E-state index in [1.54, 1.807) is 4.90 Å². The Kier molecular flexibility index (Phi) is 3.79. The first kappa shape index (κ1) is 12.1. The van der Waals surface area contributed by atoms with E-state index in [-0.39, 0.29) is 11.8 Å². The number of hydrogen-bond donors (Lipinski definition) is 1. The van der Waals surface area contributed by atoms with E-state index >= 15 is 0 Å². The smallest absolute Gasteiger partial charge is 0.229 e. The summed E-state index contributed by atoms with van der Waals surface area (Å²) in [6.07, 6.45) is 4.44. The van der Waals surface area contributed by atoms with E-state index < -0.39 is 0 Å².